The van der Waals surface area contributed by atoms with Crippen LogP contribution in [0.5, 0.6) is 0 Å². The van der Waals surface area contributed by atoms with Crippen molar-refractivity contribution < 1.29 is 4.79 Å². The number of allylic oxidation sites excluding steroid dienone is 2. The van der Waals surface area contributed by atoms with E-state index in [1.54, 1.807) is 11.8 Å². The summed E-state index contributed by atoms with van der Waals surface area (Å²) in [6.07, 6.45) is 3.33. The number of aromatic amines is 2. The lowest BCUT2D eigenvalue weighted by molar-refractivity contribution is -0.118. The molecule has 0 radical (unpaired) electrons. The Morgan fingerprint density at radius 2 is 1.80 bits per heavy atom. The molecule has 1 aliphatic carbocycles. The molecule has 1 aliphatic heterocycles. The first-order valence-electron chi connectivity index (χ1n) is 8.37. The minimum Gasteiger partial charge on any atom is -0.343 e. The number of rotatable bonds is 2. The number of benzene rings is 1. The quantitative estimate of drug-likeness (QED) is 0.719. The molecule has 1 aromatic carbocycles. The predicted octanol–water partition coefficient (Wildman–Crippen LogP) is 3.63. The van der Waals surface area contributed by atoms with E-state index < -0.39 is 0 Å². The molecule has 6 heteroatoms. The molecule has 3 N–H and O–H groups in total. The number of hydrogen-bond donors (Lipinski definition) is 3. The van der Waals surface area contributed by atoms with Crippen LogP contribution in [0.3, 0.4) is 0 Å². The molecule has 0 unspecified atom stereocenters. The summed E-state index contributed by atoms with van der Waals surface area (Å²) >= 11 is 1.67. The molecule has 0 amide bonds. The van der Waals surface area contributed by atoms with E-state index in [1.165, 1.54) is 0 Å². The maximum absolute atomic E-state index is 13.0. The Morgan fingerprint density at radius 1 is 1.08 bits per heavy atom. The molecule has 2 heterocycles. The minimum atomic E-state index is -0.319. The Kier molecular flexibility index (Phi) is 3.68. The molecule has 2 aromatic rings. The molecule has 1 aromatic heterocycles. The van der Waals surface area contributed by atoms with E-state index in [0.717, 1.165) is 28.1 Å². The minimum absolute atomic E-state index is 0.0791. The Balaban J connectivity index is 1.91. The normalized spacial score (nSPS) is 21.6. The number of hydrogen-bond acceptors (Lipinski definition) is 4. The van der Waals surface area contributed by atoms with Gasteiger partial charge in [-0.2, -0.15) is 0 Å². The van der Waals surface area contributed by atoms with Gasteiger partial charge in [0.25, 0.3) is 5.56 Å². The van der Waals surface area contributed by atoms with Crippen molar-refractivity contribution in [3.8, 4) is 0 Å². The number of fused-ring (bicyclic) bond motifs is 1. The highest BCUT2D eigenvalue weighted by atomic mass is 32.2. The van der Waals surface area contributed by atoms with Crippen molar-refractivity contribution in [3.05, 3.63) is 57.0 Å². The summed E-state index contributed by atoms with van der Waals surface area (Å²) in [5.74, 6) is 0.484. The van der Waals surface area contributed by atoms with Crippen LogP contribution in [-0.4, -0.2) is 22.2 Å². The molecule has 5 nitrogen and oxygen atoms in total. The summed E-state index contributed by atoms with van der Waals surface area (Å²) in [5.41, 5.74) is 3.00. The topological polar surface area (TPSA) is 77.8 Å². The zero-order valence-electron chi connectivity index (χ0n) is 14.5. The summed E-state index contributed by atoms with van der Waals surface area (Å²) < 4.78 is 0. The molecule has 4 rings (SSSR count). The second-order valence-corrected chi connectivity index (χ2v) is 8.41. The van der Waals surface area contributed by atoms with Gasteiger partial charge in [-0.15, -0.1) is 11.8 Å². The summed E-state index contributed by atoms with van der Waals surface area (Å²) in [6.45, 7) is 4.21. The average molecular weight is 355 g/mol. The lowest BCUT2D eigenvalue weighted by atomic mass is 9.69. The molecule has 2 aliphatic rings. The van der Waals surface area contributed by atoms with Crippen molar-refractivity contribution in [3.63, 3.8) is 0 Å². The third-order valence-electron chi connectivity index (χ3n) is 5.04. The van der Waals surface area contributed by atoms with E-state index in [4.69, 9.17) is 0 Å². The molecule has 0 spiro atoms. The number of nitrogens with one attached hydrogen (secondary N) is 3. The summed E-state index contributed by atoms with van der Waals surface area (Å²) in [4.78, 5) is 26.5. The second-order valence-electron chi connectivity index (χ2n) is 7.53. The average Bonchev–Trinajstić information content (AvgIpc) is 2.93. The molecule has 0 bridgehead atoms. The Morgan fingerprint density at radius 3 is 2.48 bits per heavy atom. The van der Waals surface area contributed by atoms with Crippen molar-refractivity contribution in [2.45, 2.75) is 37.5 Å². The van der Waals surface area contributed by atoms with Crippen LogP contribution in [0.25, 0.3) is 0 Å². The molecule has 130 valence electrons. The number of carbonyl (C=O) groups is 1. The van der Waals surface area contributed by atoms with Gasteiger partial charge in [0, 0.05) is 28.5 Å². The zero-order chi connectivity index (χ0) is 17.8. The molecule has 1 atom stereocenters. The van der Waals surface area contributed by atoms with Crippen LogP contribution >= 0.6 is 11.8 Å². The largest absolute Gasteiger partial charge is 0.343 e. The van der Waals surface area contributed by atoms with Crippen molar-refractivity contribution in [2.75, 3.05) is 11.6 Å². The van der Waals surface area contributed by atoms with Gasteiger partial charge in [-0.05, 0) is 35.8 Å². The van der Waals surface area contributed by atoms with E-state index >= 15 is 0 Å². The number of anilines is 1. The van der Waals surface area contributed by atoms with Crippen LogP contribution in [0.1, 0.15) is 43.7 Å². The summed E-state index contributed by atoms with van der Waals surface area (Å²) in [6, 6.07) is 8.13. The Bertz CT molecular complexity index is 934. The highest BCUT2D eigenvalue weighted by Crippen LogP contribution is 2.47. The predicted molar refractivity (Wildman–Crippen MR) is 100 cm³/mol. The second kappa shape index (κ2) is 5.66. The van der Waals surface area contributed by atoms with Gasteiger partial charge in [0.2, 0.25) is 0 Å². The van der Waals surface area contributed by atoms with Gasteiger partial charge in [-0.1, -0.05) is 26.0 Å². The van der Waals surface area contributed by atoms with Crippen LogP contribution in [0.15, 0.2) is 45.2 Å². The SMILES string of the molecule is CSc1ccc([C@@H]2C3=C(CC(C)(C)CC3=O)Nc3[nH][nH]c(=O)c32)cc1. The molecule has 0 saturated carbocycles. The van der Waals surface area contributed by atoms with Crippen molar-refractivity contribution in [2.24, 2.45) is 5.41 Å². The first-order valence-corrected chi connectivity index (χ1v) is 9.60. The summed E-state index contributed by atoms with van der Waals surface area (Å²) in [7, 11) is 0. The van der Waals surface area contributed by atoms with Crippen molar-refractivity contribution in [1.82, 2.24) is 10.2 Å². The van der Waals surface area contributed by atoms with Gasteiger partial charge in [-0.3, -0.25) is 19.8 Å². The van der Waals surface area contributed by atoms with E-state index in [2.05, 4.69) is 29.4 Å². The van der Waals surface area contributed by atoms with E-state index in [1.807, 2.05) is 30.5 Å². The monoisotopic (exact) mass is 355 g/mol. The smallest absolute Gasteiger partial charge is 0.270 e. The lowest BCUT2D eigenvalue weighted by Crippen LogP contribution is -2.34. The van der Waals surface area contributed by atoms with E-state index in [9.17, 15) is 9.59 Å². The Hall–Kier alpha value is -2.21. The van der Waals surface area contributed by atoms with E-state index in [-0.39, 0.29) is 22.7 Å². The van der Waals surface area contributed by atoms with Gasteiger partial charge in [0.05, 0.1) is 5.56 Å². The number of Topliss-reactive ketones (excluding diaryl/α,β-unsaturated/α-hetero) is 1. The molecular formula is C19H21N3O2S. The third kappa shape index (κ3) is 2.65. The first-order chi connectivity index (χ1) is 11.9. The van der Waals surface area contributed by atoms with Gasteiger partial charge in [-0.25, -0.2) is 0 Å². The molecule has 25 heavy (non-hydrogen) atoms. The van der Waals surface area contributed by atoms with Crippen LogP contribution in [0, 0.1) is 5.41 Å². The molecular weight excluding hydrogens is 334 g/mol. The van der Waals surface area contributed by atoms with E-state index in [0.29, 0.717) is 17.8 Å². The van der Waals surface area contributed by atoms with Gasteiger partial charge in [0.15, 0.2) is 5.78 Å². The third-order valence-corrected chi connectivity index (χ3v) is 5.78. The maximum Gasteiger partial charge on any atom is 0.270 e. The fourth-order valence-corrected chi connectivity index (χ4v) is 4.36. The van der Waals surface area contributed by atoms with Crippen molar-refractivity contribution in [1.29, 1.82) is 0 Å². The number of carbonyl (C=O) groups excluding carboxylic acids is 1. The number of aromatic nitrogens is 2. The highest BCUT2D eigenvalue weighted by molar-refractivity contribution is 7.98. The fraction of sp³-hybridized carbons (Fsp3) is 0.368. The van der Waals surface area contributed by atoms with Crippen LogP contribution < -0.4 is 10.9 Å². The lowest BCUT2D eigenvalue weighted by Gasteiger charge is -2.37. The zero-order valence-corrected chi connectivity index (χ0v) is 15.3. The van der Waals surface area contributed by atoms with Gasteiger partial charge < -0.3 is 5.32 Å². The Labute approximate surface area is 150 Å². The first kappa shape index (κ1) is 16.3. The molecule has 0 fully saturated rings. The van der Waals surface area contributed by atoms with Crippen LogP contribution in [0.2, 0.25) is 0 Å². The number of H-pyrrole nitrogens is 2. The van der Waals surface area contributed by atoms with Crippen LogP contribution in [-0.2, 0) is 4.79 Å². The standard InChI is InChI=1S/C19H21N3O2S/c1-19(2)8-12-15(13(23)9-19)14(10-4-6-11(25-3)7-5-10)16-17(20-12)21-22-18(16)24/h4-7,14H,8-9H2,1-3H3,(H3,20,21,22,24)/t14-/m1/s1. The number of thioether (sulfide) groups is 1. The fourth-order valence-electron chi connectivity index (χ4n) is 3.95. The summed E-state index contributed by atoms with van der Waals surface area (Å²) in [5, 5.41) is 8.88. The van der Waals surface area contributed by atoms with Gasteiger partial charge in [0.1, 0.15) is 5.82 Å². The van der Waals surface area contributed by atoms with Crippen LogP contribution in [0.4, 0.5) is 5.82 Å². The van der Waals surface area contributed by atoms with Gasteiger partial charge >= 0.3 is 0 Å². The molecule has 0 saturated heterocycles. The maximum atomic E-state index is 13.0. The van der Waals surface area contributed by atoms with Crippen molar-refractivity contribution >= 4 is 23.4 Å². The highest BCUT2D eigenvalue weighted by Gasteiger charge is 2.42. The number of ketones is 1.